The van der Waals surface area contributed by atoms with Crippen LogP contribution in [-0.4, -0.2) is 15.9 Å². The topological polar surface area (TPSA) is 66.9 Å². The van der Waals surface area contributed by atoms with E-state index >= 15 is 0 Å². The van der Waals surface area contributed by atoms with Gasteiger partial charge in [0.15, 0.2) is 0 Å². The zero-order valence-corrected chi connectivity index (χ0v) is 14.6. The molecule has 25 heavy (non-hydrogen) atoms. The van der Waals surface area contributed by atoms with E-state index in [1.54, 1.807) is 24.4 Å². The highest BCUT2D eigenvalue weighted by molar-refractivity contribution is 6.30. The first-order chi connectivity index (χ1) is 12.0. The molecule has 0 aliphatic carbocycles. The maximum atomic E-state index is 12.5. The van der Waals surface area contributed by atoms with E-state index in [-0.39, 0.29) is 11.6 Å². The molecule has 0 aliphatic rings. The lowest BCUT2D eigenvalue weighted by molar-refractivity contribution is 0.102. The summed E-state index contributed by atoms with van der Waals surface area (Å²) in [7, 11) is 0. The maximum Gasteiger partial charge on any atom is 0.274 e. The molecule has 0 saturated heterocycles. The van der Waals surface area contributed by atoms with E-state index in [0.29, 0.717) is 11.0 Å². The van der Waals surface area contributed by atoms with Gasteiger partial charge in [0.1, 0.15) is 5.69 Å². The van der Waals surface area contributed by atoms with Crippen molar-refractivity contribution in [1.82, 2.24) is 9.97 Å². The summed E-state index contributed by atoms with van der Waals surface area (Å²) in [4.78, 5) is 20.9. The van der Waals surface area contributed by atoms with Gasteiger partial charge in [0.05, 0.1) is 0 Å². The molecule has 0 unspecified atom stereocenters. The quantitative estimate of drug-likeness (QED) is 0.711. The summed E-state index contributed by atoms with van der Waals surface area (Å²) in [6.07, 6.45) is 1.54. The molecule has 0 radical (unpaired) electrons. The van der Waals surface area contributed by atoms with Gasteiger partial charge in [-0.15, -0.1) is 0 Å². The van der Waals surface area contributed by atoms with E-state index < -0.39 is 0 Å². The zero-order chi connectivity index (χ0) is 17.8. The van der Waals surface area contributed by atoms with Crippen LogP contribution in [0.25, 0.3) is 0 Å². The highest BCUT2D eigenvalue weighted by Crippen LogP contribution is 2.18. The molecule has 0 aliphatic heterocycles. The predicted molar refractivity (Wildman–Crippen MR) is 101 cm³/mol. The van der Waals surface area contributed by atoms with Crippen LogP contribution in [0.5, 0.6) is 0 Å². The summed E-state index contributed by atoms with van der Waals surface area (Å²) in [6, 6.07) is 14.6. The molecule has 0 saturated carbocycles. The molecule has 0 spiro atoms. The van der Waals surface area contributed by atoms with Gasteiger partial charge in [0, 0.05) is 22.6 Å². The van der Waals surface area contributed by atoms with E-state index in [0.717, 1.165) is 22.5 Å². The lowest BCUT2D eigenvalue weighted by Crippen LogP contribution is -2.15. The van der Waals surface area contributed by atoms with Crippen LogP contribution in [0, 0.1) is 13.8 Å². The lowest BCUT2D eigenvalue weighted by atomic mass is 10.1. The van der Waals surface area contributed by atoms with Crippen LogP contribution in [0.2, 0.25) is 5.02 Å². The summed E-state index contributed by atoms with van der Waals surface area (Å²) in [6.45, 7) is 3.97. The molecule has 2 N–H and O–H groups in total. The van der Waals surface area contributed by atoms with Gasteiger partial charge in [-0.1, -0.05) is 29.3 Å². The van der Waals surface area contributed by atoms with E-state index in [1.807, 2.05) is 44.2 Å². The second kappa shape index (κ2) is 7.32. The third kappa shape index (κ3) is 4.33. The van der Waals surface area contributed by atoms with Crippen molar-refractivity contribution >= 4 is 34.8 Å². The Labute approximate surface area is 151 Å². The largest absolute Gasteiger partial charge is 0.324 e. The summed E-state index contributed by atoms with van der Waals surface area (Å²) >= 11 is 5.87. The van der Waals surface area contributed by atoms with Crippen molar-refractivity contribution in [2.75, 3.05) is 10.6 Å². The summed E-state index contributed by atoms with van der Waals surface area (Å²) < 4.78 is 0. The lowest BCUT2D eigenvalue weighted by Gasteiger charge is -2.10. The summed E-state index contributed by atoms with van der Waals surface area (Å²) in [5.41, 5.74) is 3.98. The number of hydrogen-bond donors (Lipinski definition) is 2. The highest BCUT2D eigenvalue weighted by Gasteiger charge is 2.11. The average molecular weight is 353 g/mol. The van der Waals surface area contributed by atoms with E-state index in [2.05, 4.69) is 20.6 Å². The first kappa shape index (κ1) is 16.9. The van der Waals surface area contributed by atoms with E-state index in [9.17, 15) is 4.79 Å². The average Bonchev–Trinajstić information content (AvgIpc) is 2.60. The maximum absolute atomic E-state index is 12.5. The van der Waals surface area contributed by atoms with Gasteiger partial charge < -0.3 is 10.6 Å². The van der Waals surface area contributed by atoms with Gasteiger partial charge in [0.25, 0.3) is 5.91 Å². The third-order valence-electron chi connectivity index (χ3n) is 3.62. The number of halogens is 1. The molecule has 6 heteroatoms. The van der Waals surface area contributed by atoms with Crippen LogP contribution in [0.3, 0.4) is 0 Å². The van der Waals surface area contributed by atoms with Crippen molar-refractivity contribution < 1.29 is 4.79 Å². The van der Waals surface area contributed by atoms with Crippen LogP contribution in [0.4, 0.5) is 17.3 Å². The fourth-order valence-corrected chi connectivity index (χ4v) is 2.47. The Morgan fingerprint density at radius 3 is 2.52 bits per heavy atom. The zero-order valence-electron chi connectivity index (χ0n) is 13.9. The third-order valence-corrected chi connectivity index (χ3v) is 3.87. The molecule has 3 rings (SSSR count). The molecule has 0 bridgehead atoms. The Bertz CT molecular complexity index is 910. The van der Waals surface area contributed by atoms with Crippen LogP contribution < -0.4 is 10.6 Å². The number of benzene rings is 2. The Balaban J connectivity index is 1.76. The van der Waals surface area contributed by atoms with Gasteiger partial charge in [-0.25, -0.2) is 9.97 Å². The minimum absolute atomic E-state index is 0.284. The normalized spacial score (nSPS) is 10.4. The van der Waals surface area contributed by atoms with Crippen molar-refractivity contribution in [3.63, 3.8) is 0 Å². The van der Waals surface area contributed by atoms with Gasteiger partial charge in [-0.3, -0.25) is 4.79 Å². The number of carbonyl (C=O) groups excluding carboxylic acids is 1. The SMILES string of the molecule is Cc1ccc(NC(=O)c2ccnc(Nc3ccc(Cl)cc3)n2)c(C)c1. The Morgan fingerprint density at radius 2 is 1.80 bits per heavy atom. The predicted octanol–water partition coefficient (Wildman–Crippen LogP) is 4.74. The number of hydrogen-bond acceptors (Lipinski definition) is 4. The van der Waals surface area contributed by atoms with Crippen LogP contribution in [0.15, 0.2) is 54.7 Å². The fourth-order valence-electron chi connectivity index (χ4n) is 2.35. The Morgan fingerprint density at radius 1 is 1.04 bits per heavy atom. The minimum atomic E-state index is -0.284. The van der Waals surface area contributed by atoms with Gasteiger partial charge in [-0.2, -0.15) is 0 Å². The second-order valence-corrected chi connectivity index (χ2v) is 6.11. The molecular weight excluding hydrogens is 336 g/mol. The van der Waals surface area contributed by atoms with Crippen molar-refractivity contribution in [2.24, 2.45) is 0 Å². The summed E-state index contributed by atoms with van der Waals surface area (Å²) in [5.74, 6) is 0.0594. The molecule has 1 aromatic heterocycles. The summed E-state index contributed by atoms with van der Waals surface area (Å²) in [5, 5.41) is 6.57. The van der Waals surface area contributed by atoms with Crippen LogP contribution in [0.1, 0.15) is 21.6 Å². The van der Waals surface area contributed by atoms with Crippen LogP contribution in [-0.2, 0) is 0 Å². The van der Waals surface area contributed by atoms with Gasteiger partial charge in [-0.05, 0) is 55.8 Å². The number of nitrogens with zero attached hydrogens (tertiary/aromatic N) is 2. The van der Waals surface area contributed by atoms with Crippen molar-refractivity contribution in [3.05, 3.63) is 76.6 Å². The van der Waals surface area contributed by atoms with E-state index in [4.69, 9.17) is 11.6 Å². The van der Waals surface area contributed by atoms with Crippen molar-refractivity contribution in [2.45, 2.75) is 13.8 Å². The standard InChI is InChI=1S/C19H17ClN4O/c1-12-3-8-16(13(2)11-12)23-18(25)17-9-10-21-19(24-17)22-15-6-4-14(20)5-7-15/h3-11H,1-2H3,(H,23,25)(H,21,22,24). The number of amides is 1. The molecule has 126 valence electrons. The molecule has 5 nitrogen and oxygen atoms in total. The molecule has 1 amide bonds. The fraction of sp³-hybridized carbons (Fsp3) is 0.105. The molecule has 0 atom stereocenters. The molecular formula is C19H17ClN4O. The molecule has 2 aromatic carbocycles. The second-order valence-electron chi connectivity index (χ2n) is 5.67. The number of aromatic nitrogens is 2. The minimum Gasteiger partial charge on any atom is -0.324 e. The number of carbonyl (C=O) groups is 1. The first-order valence-corrected chi connectivity index (χ1v) is 8.13. The van der Waals surface area contributed by atoms with E-state index in [1.165, 1.54) is 0 Å². The molecule has 1 heterocycles. The molecule has 3 aromatic rings. The number of rotatable bonds is 4. The van der Waals surface area contributed by atoms with Crippen molar-refractivity contribution in [3.8, 4) is 0 Å². The highest BCUT2D eigenvalue weighted by atomic mass is 35.5. The van der Waals surface area contributed by atoms with Gasteiger partial charge >= 0.3 is 0 Å². The van der Waals surface area contributed by atoms with Crippen LogP contribution >= 0.6 is 11.6 Å². The Kier molecular flexibility index (Phi) is 4.95. The van der Waals surface area contributed by atoms with Gasteiger partial charge in [0.2, 0.25) is 5.95 Å². The molecule has 0 fully saturated rings. The smallest absolute Gasteiger partial charge is 0.274 e. The number of anilines is 3. The van der Waals surface area contributed by atoms with Crippen molar-refractivity contribution in [1.29, 1.82) is 0 Å². The number of nitrogens with one attached hydrogen (secondary N) is 2. The Hall–Kier alpha value is -2.92. The first-order valence-electron chi connectivity index (χ1n) is 7.75. The monoisotopic (exact) mass is 352 g/mol. The number of aryl methyl sites for hydroxylation is 2.